The minimum atomic E-state index is -1.14. The molecule has 1 amide bonds. The smallest absolute Gasteiger partial charge is 0.354 e. The summed E-state index contributed by atoms with van der Waals surface area (Å²) in [6, 6.07) is 7.80. The molecule has 0 aliphatic heterocycles. The molecule has 1 heterocycles. The molecule has 0 aliphatic rings. The maximum Gasteiger partial charge on any atom is 0.354 e. The number of amides is 1. The predicted molar refractivity (Wildman–Crippen MR) is 97.4 cm³/mol. The van der Waals surface area contributed by atoms with Gasteiger partial charge in [-0.2, -0.15) is 0 Å². The fraction of sp³-hybridized carbons (Fsp3) is 0.316. The van der Waals surface area contributed by atoms with E-state index in [0.29, 0.717) is 24.7 Å². The molecule has 0 saturated carbocycles. The van der Waals surface area contributed by atoms with Gasteiger partial charge in [-0.15, -0.1) is 0 Å². The number of nitrogens with one attached hydrogen (secondary N) is 1. The standard InChI is InChI=1S/C19H22N2O6/c1-12(21-18(22)14-4-6-15(19(23)24)20-11-14)13-5-7-16(17(10-13)26-3)27-9-8-25-2/h4-7,10-12H,8-9H2,1-3H3,(H,21,22)(H,23,24). The first-order chi connectivity index (χ1) is 13.0. The van der Waals surface area contributed by atoms with Crippen molar-refractivity contribution >= 4 is 11.9 Å². The number of pyridine rings is 1. The summed E-state index contributed by atoms with van der Waals surface area (Å²) in [5, 5.41) is 11.7. The van der Waals surface area contributed by atoms with Crippen molar-refractivity contribution in [1.29, 1.82) is 0 Å². The number of rotatable bonds is 9. The summed E-state index contributed by atoms with van der Waals surface area (Å²) < 4.78 is 15.9. The number of methoxy groups -OCH3 is 2. The van der Waals surface area contributed by atoms with E-state index in [2.05, 4.69) is 10.3 Å². The number of carboxylic acids is 1. The molecule has 0 radical (unpaired) electrons. The van der Waals surface area contributed by atoms with Gasteiger partial charge in [0, 0.05) is 13.3 Å². The van der Waals surface area contributed by atoms with Crippen LogP contribution in [0.3, 0.4) is 0 Å². The first-order valence-corrected chi connectivity index (χ1v) is 8.26. The van der Waals surface area contributed by atoms with E-state index in [1.807, 2.05) is 13.0 Å². The number of aromatic carboxylic acids is 1. The van der Waals surface area contributed by atoms with Crippen LogP contribution in [0.1, 0.15) is 39.4 Å². The highest BCUT2D eigenvalue weighted by Gasteiger charge is 2.15. The molecule has 2 rings (SSSR count). The predicted octanol–water partition coefficient (Wildman–Crippen LogP) is 2.30. The van der Waals surface area contributed by atoms with Crippen molar-refractivity contribution in [3.63, 3.8) is 0 Å². The molecule has 0 fully saturated rings. The van der Waals surface area contributed by atoms with Crippen molar-refractivity contribution in [2.24, 2.45) is 0 Å². The molecule has 1 atom stereocenters. The van der Waals surface area contributed by atoms with Gasteiger partial charge in [-0.05, 0) is 36.8 Å². The lowest BCUT2D eigenvalue weighted by Gasteiger charge is -2.17. The Balaban J connectivity index is 2.06. The third kappa shape index (κ3) is 5.42. The summed E-state index contributed by atoms with van der Waals surface area (Å²) in [6.07, 6.45) is 1.23. The van der Waals surface area contributed by atoms with Gasteiger partial charge in [0.25, 0.3) is 5.91 Å². The average molecular weight is 374 g/mol. The SMILES string of the molecule is COCCOc1ccc(C(C)NC(=O)c2ccc(C(=O)O)nc2)cc1OC. The molecule has 2 N–H and O–H groups in total. The number of aromatic nitrogens is 1. The zero-order chi connectivity index (χ0) is 19.8. The number of nitrogens with zero attached hydrogens (tertiary/aromatic N) is 1. The van der Waals surface area contributed by atoms with Crippen LogP contribution in [-0.4, -0.2) is 49.4 Å². The van der Waals surface area contributed by atoms with Gasteiger partial charge in [0.05, 0.1) is 25.3 Å². The molecule has 0 bridgehead atoms. The lowest BCUT2D eigenvalue weighted by Crippen LogP contribution is -2.26. The number of ether oxygens (including phenoxy) is 3. The zero-order valence-electron chi connectivity index (χ0n) is 15.4. The van der Waals surface area contributed by atoms with Crippen molar-refractivity contribution in [2.45, 2.75) is 13.0 Å². The minimum Gasteiger partial charge on any atom is -0.493 e. The Kier molecular flexibility index (Phi) is 7.13. The average Bonchev–Trinajstić information content (AvgIpc) is 2.68. The van der Waals surface area contributed by atoms with Gasteiger partial charge in [-0.25, -0.2) is 9.78 Å². The van der Waals surface area contributed by atoms with E-state index in [4.69, 9.17) is 19.3 Å². The summed E-state index contributed by atoms with van der Waals surface area (Å²) >= 11 is 0. The summed E-state index contributed by atoms with van der Waals surface area (Å²) in [4.78, 5) is 26.9. The number of benzene rings is 1. The number of carboxylic acid groups (broad SMARTS) is 1. The second kappa shape index (κ2) is 9.54. The van der Waals surface area contributed by atoms with Crippen LogP contribution in [-0.2, 0) is 4.74 Å². The van der Waals surface area contributed by atoms with E-state index in [9.17, 15) is 9.59 Å². The molecule has 2 aromatic rings. The molecule has 1 aromatic heterocycles. The minimum absolute atomic E-state index is 0.117. The fourth-order valence-electron chi connectivity index (χ4n) is 2.33. The first kappa shape index (κ1) is 20.2. The summed E-state index contributed by atoms with van der Waals surface area (Å²) in [5.74, 6) is -0.357. The highest BCUT2D eigenvalue weighted by atomic mass is 16.5. The third-order valence-corrected chi connectivity index (χ3v) is 3.83. The summed E-state index contributed by atoms with van der Waals surface area (Å²) in [7, 11) is 3.14. The Labute approximate surface area is 157 Å². The topological polar surface area (TPSA) is 107 Å². The van der Waals surface area contributed by atoms with Gasteiger partial charge in [-0.3, -0.25) is 4.79 Å². The van der Waals surface area contributed by atoms with E-state index in [1.54, 1.807) is 26.4 Å². The Bertz CT molecular complexity index is 791. The van der Waals surface area contributed by atoms with Gasteiger partial charge >= 0.3 is 5.97 Å². The van der Waals surface area contributed by atoms with E-state index >= 15 is 0 Å². The van der Waals surface area contributed by atoms with Crippen LogP contribution < -0.4 is 14.8 Å². The normalized spacial score (nSPS) is 11.5. The Hall–Kier alpha value is -3.13. The molecule has 144 valence electrons. The second-order valence-electron chi connectivity index (χ2n) is 5.68. The van der Waals surface area contributed by atoms with Crippen LogP contribution in [0.4, 0.5) is 0 Å². The zero-order valence-corrected chi connectivity index (χ0v) is 15.4. The monoisotopic (exact) mass is 374 g/mol. The van der Waals surface area contributed by atoms with E-state index in [0.717, 1.165) is 5.56 Å². The van der Waals surface area contributed by atoms with Crippen molar-refractivity contribution in [3.05, 3.63) is 53.3 Å². The lowest BCUT2D eigenvalue weighted by molar-refractivity contribution is 0.0689. The van der Waals surface area contributed by atoms with E-state index in [1.165, 1.54) is 18.3 Å². The summed E-state index contributed by atoms with van der Waals surface area (Å²) in [6.45, 7) is 2.70. The Morgan fingerprint density at radius 2 is 1.93 bits per heavy atom. The molecule has 8 heteroatoms. The van der Waals surface area contributed by atoms with Crippen LogP contribution in [0, 0.1) is 0 Å². The first-order valence-electron chi connectivity index (χ1n) is 8.26. The van der Waals surface area contributed by atoms with Crippen LogP contribution in [0.25, 0.3) is 0 Å². The van der Waals surface area contributed by atoms with Crippen LogP contribution in [0.2, 0.25) is 0 Å². The van der Waals surface area contributed by atoms with Gasteiger partial charge in [-0.1, -0.05) is 6.07 Å². The molecule has 0 aliphatic carbocycles. The molecule has 8 nitrogen and oxygen atoms in total. The largest absolute Gasteiger partial charge is 0.493 e. The van der Waals surface area contributed by atoms with Gasteiger partial charge in [0.15, 0.2) is 11.5 Å². The molecule has 0 saturated heterocycles. The van der Waals surface area contributed by atoms with Gasteiger partial charge in [0.1, 0.15) is 12.3 Å². The molecule has 0 spiro atoms. The molecule has 1 unspecified atom stereocenters. The molecule has 27 heavy (non-hydrogen) atoms. The lowest BCUT2D eigenvalue weighted by atomic mass is 10.1. The molecular weight excluding hydrogens is 352 g/mol. The second-order valence-corrected chi connectivity index (χ2v) is 5.68. The van der Waals surface area contributed by atoms with Crippen molar-refractivity contribution in [3.8, 4) is 11.5 Å². The van der Waals surface area contributed by atoms with Crippen LogP contribution >= 0.6 is 0 Å². The highest BCUT2D eigenvalue weighted by molar-refractivity contribution is 5.95. The third-order valence-electron chi connectivity index (χ3n) is 3.83. The van der Waals surface area contributed by atoms with Gasteiger partial charge < -0.3 is 24.6 Å². The van der Waals surface area contributed by atoms with E-state index in [-0.39, 0.29) is 23.2 Å². The Morgan fingerprint density at radius 1 is 1.15 bits per heavy atom. The van der Waals surface area contributed by atoms with Crippen molar-refractivity contribution in [1.82, 2.24) is 10.3 Å². The number of hydrogen-bond donors (Lipinski definition) is 2. The number of hydrogen-bond acceptors (Lipinski definition) is 6. The number of carbonyl (C=O) groups is 2. The maximum absolute atomic E-state index is 12.3. The van der Waals surface area contributed by atoms with Crippen LogP contribution in [0.15, 0.2) is 36.5 Å². The fourth-order valence-corrected chi connectivity index (χ4v) is 2.33. The summed E-state index contributed by atoms with van der Waals surface area (Å²) in [5.41, 5.74) is 0.987. The maximum atomic E-state index is 12.3. The molecule has 1 aromatic carbocycles. The molecular formula is C19H22N2O6. The van der Waals surface area contributed by atoms with Crippen molar-refractivity contribution < 1.29 is 28.9 Å². The van der Waals surface area contributed by atoms with Crippen molar-refractivity contribution in [2.75, 3.05) is 27.4 Å². The quantitative estimate of drug-likeness (QED) is 0.649. The van der Waals surface area contributed by atoms with Gasteiger partial charge in [0.2, 0.25) is 0 Å². The van der Waals surface area contributed by atoms with E-state index < -0.39 is 5.97 Å². The highest BCUT2D eigenvalue weighted by Crippen LogP contribution is 2.30. The van der Waals surface area contributed by atoms with Crippen LogP contribution in [0.5, 0.6) is 11.5 Å². The Morgan fingerprint density at radius 3 is 2.52 bits per heavy atom. The number of carbonyl (C=O) groups excluding carboxylic acids is 1.